The first-order valence-electron chi connectivity index (χ1n) is 6.19. The lowest BCUT2D eigenvalue weighted by Gasteiger charge is -2.18. The van der Waals surface area contributed by atoms with Crippen LogP contribution in [-0.2, 0) is 0 Å². The standard InChI is InChI=1S/C16H10N2O2/c17-18-14-13(10-6-2-1-3-7-10)15(19)11-8-4-5-9-12(11)16(14)20/h1-9,13H. The third kappa shape index (κ3) is 1.71. The molecule has 1 unspecified atom stereocenters. The Hall–Kier alpha value is -2.84. The average molecular weight is 262 g/mol. The van der Waals surface area contributed by atoms with Crippen molar-refractivity contribution < 1.29 is 14.4 Å². The van der Waals surface area contributed by atoms with Crippen molar-refractivity contribution in [2.75, 3.05) is 0 Å². The molecular weight excluding hydrogens is 252 g/mol. The summed E-state index contributed by atoms with van der Waals surface area (Å²) in [6.45, 7) is 0. The van der Waals surface area contributed by atoms with Gasteiger partial charge in [-0.2, -0.15) is 4.79 Å². The van der Waals surface area contributed by atoms with Gasteiger partial charge < -0.3 is 5.53 Å². The van der Waals surface area contributed by atoms with Gasteiger partial charge in [0.05, 0.1) is 0 Å². The van der Waals surface area contributed by atoms with Crippen LogP contribution in [0.3, 0.4) is 0 Å². The van der Waals surface area contributed by atoms with Gasteiger partial charge in [0, 0.05) is 11.1 Å². The topological polar surface area (TPSA) is 70.5 Å². The van der Waals surface area contributed by atoms with Crippen LogP contribution in [0.2, 0.25) is 0 Å². The van der Waals surface area contributed by atoms with Crippen LogP contribution in [-0.4, -0.2) is 22.1 Å². The van der Waals surface area contributed by atoms with Crippen LogP contribution in [0.25, 0.3) is 5.53 Å². The molecule has 0 bridgehead atoms. The van der Waals surface area contributed by atoms with E-state index in [0.717, 1.165) is 0 Å². The molecule has 0 aliphatic heterocycles. The summed E-state index contributed by atoms with van der Waals surface area (Å²) in [6.07, 6.45) is 0. The van der Waals surface area contributed by atoms with Crippen molar-refractivity contribution in [3.05, 3.63) is 76.8 Å². The van der Waals surface area contributed by atoms with Gasteiger partial charge in [0.1, 0.15) is 0 Å². The van der Waals surface area contributed by atoms with E-state index in [0.29, 0.717) is 11.1 Å². The molecule has 96 valence electrons. The van der Waals surface area contributed by atoms with Crippen LogP contribution in [0.5, 0.6) is 0 Å². The summed E-state index contributed by atoms with van der Waals surface area (Å²) in [7, 11) is 0. The molecule has 2 aromatic carbocycles. The first kappa shape index (κ1) is 12.2. The third-order valence-electron chi connectivity index (χ3n) is 3.45. The summed E-state index contributed by atoms with van der Waals surface area (Å²) in [4.78, 5) is 28.0. The van der Waals surface area contributed by atoms with Crippen molar-refractivity contribution in [2.24, 2.45) is 0 Å². The highest BCUT2D eigenvalue weighted by molar-refractivity contribution is 6.53. The number of carbonyl (C=O) groups is 2. The van der Waals surface area contributed by atoms with Gasteiger partial charge in [-0.3, -0.25) is 9.59 Å². The second kappa shape index (κ2) is 4.68. The van der Waals surface area contributed by atoms with Gasteiger partial charge in [0.2, 0.25) is 0 Å². The van der Waals surface area contributed by atoms with Crippen molar-refractivity contribution in [1.82, 2.24) is 0 Å². The lowest BCUT2D eigenvalue weighted by atomic mass is 9.77. The van der Waals surface area contributed by atoms with Gasteiger partial charge in [0.15, 0.2) is 11.7 Å². The van der Waals surface area contributed by atoms with Gasteiger partial charge in [-0.05, 0) is 5.56 Å². The van der Waals surface area contributed by atoms with E-state index in [1.165, 1.54) is 0 Å². The predicted octanol–water partition coefficient (Wildman–Crippen LogP) is 2.52. The lowest BCUT2D eigenvalue weighted by molar-refractivity contribution is -0.0105. The Morgan fingerprint density at radius 1 is 0.850 bits per heavy atom. The number of nitrogens with zero attached hydrogens (tertiary/aromatic N) is 2. The largest absolute Gasteiger partial charge is 0.361 e. The van der Waals surface area contributed by atoms with E-state index in [-0.39, 0.29) is 17.1 Å². The van der Waals surface area contributed by atoms with E-state index >= 15 is 0 Å². The van der Waals surface area contributed by atoms with Crippen molar-refractivity contribution in [1.29, 1.82) is 0 Å². The molecule has 0 heterocycles. The van der Waals surface area contributed by atoms with Gasteiger partial charge in [-0.1, -0.05) is 54.6 Å². The summed E-state index contributed by atoms with van der Waals surface area (Å²) in [6, 6.07) is 15.5. The molecule has 1 aliphatic carbocycles. The van der Waals surface area contributed by atoms with Crippen LogP contribution in [0.15, 0.2) is 54.6 Å². The number of fused-ring (bicyclic) bond motifs is 1. The molecule has 0 spiro atoms. The van der Waals surface area contributed by atoms with Crippen molar-refractivity contribution in [3.63, 3.8) is 0 Å². The fourth-order valence-corrected chi connectivity index (χ4v) is 2.50. The molecule has 0 fully saturated rings. The number of benzene rings is 2. The van der Waals surface area contributed by atoms with Gasteiger partial charge in [-0.15, -0.1) is 0 Å². The molecule has 0 saturated heterocycles. The first-order chi connectivity index (χ1) is 9.74. The van der Waals surface area contributed by atoms with Gasteiger partial charge in [-0.25, -0.2) is 0 Å². The number of hydrogen-bond acceptors (Lipinski definition) is 2. The molecule has 0 aromatic heterocycles. The Kier molecular flexibility index (Phi) is 2.86. The molecule has 0 saturated carbocycles. The highest BCUT2D eigenvalue weighted by Crippen LogP contribution is 2.30. The molecule has 4 nitrogen and oxygen atoms in total. The quantitative estimate of drug-likeness (QED) is 0.585. The Labute approximate surface area is 115 Å². The molecule has 2 aromatic rings. The SMILES string of the molecule is [N-]=[N+]=C1C(=O)c2ccccc2C(=O)C1c1ccccc1. The number of rotatable bonds is 1. The maximum Gasteiger partial charge on any atom is 0.354 e. The second-order valence-corrected chi connectivity index (χ2v) is 4.57. The molecular formula is C16H10N2O2. The first-order valence-corrected chi connectivity index (χ1v) is 6.19. The van der Waals surface area contributed by atoms with E-state index < -0.39 is 11.7 Å². The summed E-state index contributed by atoms with van der Waals surface area (Å²) >= 11 is 0. The zero-order valence-corrected chi connectivity index (χ0v) is 10.5. The average Bonchev–Trinajstić information content (AvgIpc) is 2.51. The fourth-order valence-electron chi connectivity index (χ4n) is 2.50. The molecule has 1 atom stereocenters. The Bertz CT molecular complexity index is 759. The molecule has 1 aliphatic rings. The van der Waals surface area contributed by atoms with Crippen LogP contribution in [0, 0.1) is 0 Å². The summed E-state index contributed by atoms with van der Waals surface area (Å²) in [5.41, 5.74) is 10.3. The monoisotopic (exact) mass is 262 g/mol. The lowest BCUT2D eigenvalue weighted by Crippen LogP contribution is -2.36. The number of Topliss-reactive ketones (excluding diaryl/α,β-unsaturated/α-hetero) is 2. The van der Waals surface area contributed by atoms with E-state index in [1.807, 2.05) is 6.07 Å². The molecule has 3 rings (SSSR count). The molecule has 0 amide bonds. The zero-order valence-electron chi connectivity index (χ0n) is 10.5. The van der Waals surface area contributed by atoms with Gasteiger partial charge in [0.25, 0.3) is 5.78 Å². The van der Waals surface area contributed by atoms with E-state index in [2.05, 4.69) is 4.79 Å². The van der Waals surface area contributed by atoms with Gasteiger partial charge >= 0.3 is 5.71 Å². The maximum atomic E-state index is 12.6. The predicted molar refractivity (Wildman–Crippen MR) is 72.9 cm³/mol. The minimum atomic E-state index is -0.844. The molecule has 4 heteroatoms. The third-order valence-corrected chi connectivity index (χ3v) is 3.45. The Morgan fingerprint density at radius 3 is 2.10 bits per heavy atom. The van der Waals surface area contributed by atoms with Crippen LogP contribution in [0.4, 0.5) is 0 Å². The number of hydrogen-bond donors (Lipinski definition) is 0. The van der Waals surface area contributed by atoms with Crippen molar-refractivity contribution >= 4 is 17.3 Å². The van der Waals surface area contributed by atoms with Crippen LogP contribution >= 0.6 is 0 Å². The maximum absolute atomic E-state index is 12.6. The summed E-state index contributed by atoms with van der Waals surface area (Å²) < 4.78 is 0. The molecule has 20 heavy (non-hydrogen) atoms. The highest BCUT2D eigenvalue weighted by atomic mass is 16.1. The normalized spacial score (nSPS) is 17.6. The van der Waals surface area contributed by atoms with E-state index in [4.69, 9.17) is 5.53 Å². The van der Waals surface area contributed by atoms with Crippen LogP contribution < -0.4 is 0 Å². The zero-order chi connectivity index (χ0) is 14.1. The number of ketones is 2. The van der Waals surface area contributed by atoms with E-state index in [9.17, 15) is 9.59 Å². The van der Waals surface area contributed by atoms with Crippen molar-refractivity contribution in [3.8, 4) is 0 Å². The van der Waals surface area contributed by atoms with Crippen molar-refractivity contribution in [2.45, 2.75) is 5.92 Å². The Morgan fingerprint density at radius 2 is 1.45 bits per heavy atom. The minimum Gasteiger partial charge on any atom is -0.361 e. The summed E-state index contributed by atoms with van der Waals surface area (Å²) in [5.74, 6) is -1.47. The molecule has 0 radical (unpaired) electrons. The van der Waals surface area contributed by atoms with Crippen LogP contribution in [0.1, 0.15) is 32.2 Å². The highest BCUT2D eigenvalue weighted by Gasteiger charge is 2.45. The molecule has 0 N–H and O–H groups in total. The van der Waals surface area contributed by atoms with E-state index in [1.54, 1.807) is 48.5 Å². The fraction of sp³-hybridized carbons (Fsp3) is 0.0625. The second-order valence-electron chi connectivity index (χ2n) is 4.57. The minimum absolute atomic E-state index is 0.125. The Balaban J connectivity index is 2.25. The number of carbonyl (C=O) groups excluding carboxylic acids is 2. The smallest absolute Gasteiger partial charge is 0.354 e. The summed E-state index contributed by atoms with van der Waals surface area (Å²) in [5, 5.41) is 0.